The van der Waals surface area contributed by atoms with Crippen LogP contribution in [0.5, 0.6) is 0 Å². The molecule has 0 radical (unpaired) electrons. The molecule has 0 saturated heterocycles. The van der Waals surface area contributed by atoms with E-state index in [1.165, 1.54) is 0 Å². The number of hydrogen-bond acceptors (Lipinski definition) is 0. The molecular formula is C9H4F8. The third kappa shape index (κ3) is 0.889. The van der Waals surface area contributed by atoms with Crippen LogP contribution in [0.25, 0.3) is 0 Å². The predicted octanol–water partition coefficient (Wildman–Crippen LogP) is 3.80. The van der Waals surface area contributed by atoms with Gasteiger partial charge in [0.25, 0.3) is 5.67 Å². The highest BCUT2D eigenvalue weighted by atomic mass is 19.3. The van der Waals surface area contributed by atoms with Crippen molar-refractivity contribution in [1.29, 1.82) is 0 Å². The van der Waals surface area contributed by atoms with E-state index < -0.39 is 46.8 Å². The lowest BCUT2D eigenvalue weighted by atomic mass is 9.63. The lowest BCUT2D eigenvalue weighted by Gasteiger charge is -2.52. The SMILES string of the molecule is C=C1CC2(F)C(F)=C(F)C1(F)C(F)(F)C2(F)F. The molecule has 1 saturated carbocycles. The zero-order valence-corrected chi connectivity index (χ0v) is 7.94. The van der Waals surface area contributed by atoms with Gasteiger partial charge >= 0.3 is 11.8 Å². The van der Waals surface area contributed by atoms with E-state index in [1.807, 2.05) is 0 Å². The number of allylic oxidation sites excluding steroid dienone is 3. The molecule has 0 aromatic carbocycles. The first-order chi connectivity index (χ1) is 7.44. The Bertz CT molecular complexity index is 450. The Morgan fingerprint density at radius 1 is 0.824 bits per heavy atom. The van der Waals surface area contributed by atoms with Crippen LogP contribution in [-0.2, 0) is 0 Å². The minimum atomic E-state index is -5.73. The summed E-state index contributed by atoms with van der Waals surface area (Å²) in [7, 11) is 0. The van der Waals surface area contributed by atoms with Crippen LogP contribution in [0.2, 0.25) is 0 Å². The Labute approximate surface area is 89.6 Å². The summed E-state index contributed by atoms with van der Waals surface area (Å²) in [6.45, 7) is 2.59. The quantitative estimate of drug-likeness (QED) is 0.461. The summed E-state index contributed by atoms with van der Waals surface area (Å²) < 4.78 is 105. The monoisotopic (exact) mass is 264 g/mol. The van der Waals surface area contributed by atoms with E-state index in [9.17, 15) is 35.1 Å². The van der Waals surface area contributed by atoms with Crippen molar-refractivity contribution in [3.8, 4) is 0 Å². The van der Waals surface area contributed by atoms with Crippen LogP contribution in [0.1, 0.15) is 6.42 Å². The smallest absolute Gasteiger partial charge is 0.229 e. The van der Waals surface area contributed by atoms with Crippen molar-refractivity contribution in [1.82, 2.24) is 0 Å². The van der Waals surface area contributed by atoms with Gasteiger partial charge in [-0.3, -0.25) is 0 Å². The van der Waals surface area contributed by atoms with E-state index in [2.05, 4.69) is 6.58 Å². The summed E-state index contributed by atoms with van der Waals surface area (Å²) in [4.78, 5) is 0. The fraction of sp³-hybridized carbons (Fsp3) is 0.556. The Balaban J connectivity index is 2.88. The van der Waals surface area contributed by atoms with Crippen LogP contribution >= 0.6 is 0 Å². The maximum absolute atomic E-state index is 13.7. The van der Waals surface area contributed by atoms with E-state index in [1.54, 1.807) is 0 Å². The molecule has 0 N–H and O–H groups in total. The molecule has 0 heterocycles. The van der Waals surface area contributed by atoms with Gasteiger partial charge in [-0.05, 0) is 5.57 Å². The molecule has 3 aliphatic rings. The highest BCUT2D eigenvalue weighted by Crippen LogP contribution is 2.69. The minimum absolute atomic E-state index is 1.45. The van der Waals surface area contributed by atoms with Crippen LogP contribution in [0.3, 0.4) is 0 Å². The topological polar surface area (TPSA) is 0 Å². The molecule has 2 atom stereocenters. The standard InChI is InChI=1S/C9H4F8/c1-3-2-6(12)4(10)5(11)7(3,13)9(16,17)8(6,14)15/h1-2H2. The Kier molecular flexibility index (Phi) is 1.94. The van der Waals surface area contributed by atoms with E-state index in [4.69, 9.17) is 0 Å². The molecule has 0 spiro atoms. The van der Waals surface area contributed by atoms with Crippen LogP contribution in [0.4, 0.5) is 35.1 Å². The largest absolute Gasteiger partial charge is 0.357 e. The molecule has 2 bridgehead atoms. The van der Waals surface area contributed by atoms with Gasteiger partial charge in [0.2, 0.25) is 5.67 Å². The molecule has 8 heteroatoms. The molecule has 0 aromatic heterocycles. The molecule has 1 fully saturated rings. The maximum Gasteiger partial charge on any atom is 0.357 e. The van der Waals surface area contributed by atoms with E-state index >= 15 is 0 Å². The van der Waals surface area contributed by atoms with Crippen molar-refractivity contribution in [3.63, 3.8) is 0 Å². The summed E-state index contributed by atoms with van der Waals surface area (Å²) in [5.41, 5.74) is -10.7. The van der Waals surface area contributed by atoms with Gasteiger partial charge in [-0.15, -0.1) is 0 Å². The van der Waals surface area contributed by atoms with Gasteiger partial charge in [-0.2, -0.15) is 17.6 Å². The molecule has 0 nitrogen and oxygen atoms in total. The Morgan fingerprint density at radius 3 is 1.76 bits per heavy atom. The zero-order valence-electron chi connectivity index (χ0n) is 7.94. The Hall–Kier alpha value is -1.08. The summed E-state index contributed by atoms with van der Waals surface area (Å²) in [6, 6.07) is 0. The third-order valence-corrected chi connectivity index (χ3v) is 3.11. The van der Waals surface area contributed by atoms with E-state index in [0.29, 0.717) is 0 Å². The number of alkyl halides is 6. The van der Waals surface area contributed by atoms with Crippen molar-refractivity contribution in [2.45, 2.75) is 29.6 Å². The molecule has 3 rings (SSSR count). The second kappa shape index (κ2) is 2.67. The summed E-state index contributed by atoms with van der Waals surface area (Å²) in [6.07, 6.45) is -1.73. The third-order valence-electron chi connectivity index (χ3n) is 3.11. The van der Waals surface area contributed by atoms with Crippen LogP contribution < -0.4 is 0 Å². The summed E-state index contributed by atoms with van der Waals surface area (Å²) in [5.74, 6) is -17.1. The average Bonchev–Trinajstić information content (AvgIpc) is 2.21. The second-order valence-corrected chi connectivity index (χ2v) is 4.02. The van der Waals surface area contributed by atoms with Gasteiger partial charge in [0.15, 0.2) is 11.7 Å². The van der Waals surface area contributed by atoms with Gasteiger partial charge in [-0.1, -0.05) is 6.58 Å². The molecule has 3 aliphatic carbocycles. The molecule has 0 aliphatic heterocycles. The van der Waals surface area contributed by atoms with Crippen molar-refractivity contribution in [2.24, 2.45) is 0 Å². The minimum Gasteiger partial charge on any atom is -0.229 e. The first-order valence-electron chi connectivity index (χ1n) is 4.32. The predicted molar refractivity (Wildman–Crippen MR) is 40.6 cm³/mol. The molecule has 17 heavy (non-hydrogen) atoms. The van der Waals surface area contributed by atoms with Crippen molar-refractivity contribution in [2.75, 3.05) is 0 Å². The highest BCUT2D eigenvalue weighted by molar-refractivity contribution is 5.50. The van der Waals surface area contributed by atoms with E-state index in [0.717, 1.165) is 0 Å². The van der Waals surface area contributed by atoms with Gasteiger partial charge in [-0.25, -0.2) is 17.6 Å². The van der Waals surface area contributed by atoms with Crippen LogP contribution in [0.15, 0.2) is 23.8 Å². The highest BCUT2D eigenvalue weighted by Gasteiger charge is 2.89. The molecular weight excluding hydrogens is 260 g/mol. The average molecular weight is 264 g/mol. The molecule has 96 valence electrons. The summed E-state index contributed by atoms with van der Waals surface area (Å²) in [5, 5.41) is 0. The number of halogens is 8. The number of rotatable bonds is 0. The van der Waals surface area contributed by atoms with Crippen molar-refractivity contribution >= 4 is 0 Å². The van der Waals surface area contributed by atoms with Crippen LogP contribution in [0, 0.1) is 0 Å². The second-order valence-electron chi connectivity index (χ2n) is 4.02. The number of fused-ring (bicyclic) bond motifs is 2. The van der Waals surface area contributed by atoms with Gasteiger partial charge in [0.1, 0.15) is 0 Å². The maximum atomic E-state index is 13.7. The lowest BCUT2D eigenvalue weighted by Crippen LogP contribution is -2.73. The van der Waals surface area contributed by atoms with Crippen molar-refractivity contribution < 1.29 is 35.1 Å². The first kappa shape index (κ1) is 12.4. The zero-order chi connectivity index (χ0) is 13.4. The van der Waals surface area contributed by atoms with Gasteiger partial charge in [0.05, 0.1) is 0 Å². The molecule has 2 unspecified atom stereocenters. The molecule has 0 aromatic rings. The number of hydrogen-bond donors (Lipinski definition) is 0. The van der Waals surface area contributed by atoms with Crippen molar-refractivity contribution in [3.05, 3.63) is 23.8 Å². The molecule has 0 amide bonds. The lowest BCUT2D eigenvalue weighted by molar-refractivity contribution is -0.327. The van der Waals surface area contributed by atoms with Gasteiger partial charge in [0, 0.05) is 6.42 Å². The first-order valence-corrected chi connectivity index (χ1v) is 4.32. The Morgan fingerprint density at radius 2 is 1.29 bits per heavy atom. The fourth-order valence-electron chi connectivity index (χ4n) is 2.05. The fourth-order valence-corrected chi connectivity index (χ4v) is 2.05. The van der Waals surface area contributed by atoms with Crippen LogP contribution in [-0.4, -0.2) is 23.2 Å². The summed E-state index contributed by atoms with van der Waals surface area (Å²) >= 11 is 0. The normalized spacial score (nSPS) is 43.2. The van der Waals surface area contributed by atoms with E-state index in [-0.39, 0.29) is 0 Å². The van der Waals surface area contributed by atoms with Gasteiger partial charge < -0.3 is 0 Å².